The Morgan fingerprint density at radius 2 is 1.56 bits per heavy atom. The molecular weight excluding hydrogens is 310 g/mol. The molecule has 4 heteroatoms. The third-order valence-corrected chi connectivity index (χ3v) is 4.76. The Kier molecular flexibility index (Phi) is 5.51. The van der Waals surface area contributed by atoms with E-state index in [9.17, 15) is 4.79 Å². The second-order valence-corrected chi connectivity index (χ2v) is 7.02. The number of hydrogen-bond donors (Lipinski definition) is 1. The van der Waals surface area contributed by atoms with Crippen molar-refractivity contribution in [2.24, 2.45) is 0 Å². The van der Waals surface area contributed by atoms with Gasteiger partial charge in [-0.05, 0) is 49.7 Å². The number of likely N-dealkylation sites (N-methyl/N-ethyl adjacent to an activating group) is 1. The van der Waals surface area contributed by atoms with Gasteiger partial charge >= 0.3 is 0 Å². The maximum atomic E-state index is 13.2. The molecule has 25 heavy (non-hydrogen) atoms. The van der Waals surface area contributed by atoms with Gasteiger partial charge in [-0.1, -0.05) is 36.4 Å². The van der Waals surface area contributed by atoms with Crippen molar-refractivity contribution in [3.05, 3.63) is 65.2 Å². The maximum absolute atomic E-state index is 13.2. The Morgan fingerprint density at radius 1 is 0.960 bits per heavy atom. The van der Waals surface area contributed by atoms with Crippen molar-refractivity contribution in [3.63, 3.8) is 0 Å². The molecule has 0 unspecified atom stereocenters. The Hall–Kier alpha value is -2.17. The van der Waals surface area contributed by atoms with Crippen LogP contribution in [0.2, 0.25) is 0 Å². The molecule has 1 saturated heterocycles. The van der Waals surface area contributed by atoms with Crippen molar-refractivity contribution in [2.45, 2.75) is 19.9 Å². The fourth-order valence-electron chi connectivity index (χ4n) is 3.50. The molecule has 0 spiro atoms. The Labute approximate surface area is 150 Å². The van der Waals surface area contributed by atoms with Crippen molar-refractivity contribution in [1.29, 1.82) is 0 Å². The maximum Gasteiger partial charge on any atom is 0.246 e. The fraction of sp³-hybridized carbons (Fsp3) is 0.381. The summed E-state index contributed by atoms with van der Waals surface area (Å²) in [6.07, 6.45) is 0. The first kappa shape index (κ1) is 17.6. The van der Waals surface area contributed by atoms with Gasteiger partial charge in [0.05, 0.1) is 0 Å². The minimum absolute atomic E-state index is 0.0424. The molecule has 1 heterocycles. The molecule has 1 aliphatic heterocycles. The predicted octanol–water partition coefficient (Wildman–Crippen LogP) is 3.23. The van der Waals surface area contributed by atoms with Crippen molar-refractivity contribution >= 4 is 11.6 Å². The smallest absolute Gasteiger partial charge is 0.246 e. The van der Waals surface area contributed by atoms with Gasteiger partial charge in [0.25, 0.3) is 0 Å². The lowest BCUT2D eigenvalue weighted by Gasteiger charge is -2.37. The number of nitrogens with zero attached hydrogens (tertiary/aromatic N) is 2. The molecule has 1 fully saturated rings. The second kappa shape index (κ2) is 7.81. The number of nitrogens with one attached hydrogen (secondary N) is 1. The average molecular weight is 337 g/mol. The highest BCUT2D eigenvalue weighted by molar-refractivity contribution is 5.95. The number of aryl methyl sites for hydroxylation is 2. The van der Waals surface area contributed by atoms with Crippen LogP contribution in [-0.4, -0.2) is 48.9 Å². The number of anilines is 1. The topological polar surface area (TPSA) is 35.6 Å². The minimum atomic E-state index is -0.254. The summed E-state index contributed by atoms with van der Waals surface area (Å²) in [5.41, 5.74) is 4.24. The van der Waals surface area contributed by atoms with Crippen molar-refractivity contribution in [2.75, 3.05) is 38.5 Å². The van der Waals surface area contributed by atoms with Crippen LogP contribution in [-0.2, 0) is 4.79 Å². The van der Waals surface area contributed by atoms with Crippen molar-refractivity contribution in [1.82, 2.24) is 9.80 Å². The first-order valence-electron chi connectivity index (χ1n) is 8.89. The zero-order valence-electron chi connectivity index (χ0n) is 15.3. The van der Waals surface area contributed by atoms with Crippen LogP contribution in [0.15, 0.2) is 48.5 Å². The Balaban J connectivity index is 1.84. The molecular formula is C21H27N3O. The van der Waals surface area contributed by atoms with Gasteiger partial charge in [-0.2, -0.15) is 0 Å². The number of rotatable bonds is 4. The summed E-state index contributed by atoms with van der Waals surface area (Å²) >= 11 is 0. The first-order valence-corrected chi connectivity index (χ1v) is 8.89. The summed E-state index contributed by atoms with van der Waals surface area (Å²) in [6.45, 7) is 7.88. The van der Waals surface area contributed by atoms with Gasteiger partial charge in [-0.25, -0.2) is 0 Å². The molecule has 0 saturated carbocycles. The average Bonchev–Trinajstić information content (AvgIpc) is 2.57. The van der Waals surface area contributed by atoms with Gasteiger partial charge in [-0.15, -0.1) is 0 Å². The Bertz CT molecular complexity index is 701. The molecule has 3 rings (SSSR count). The zero-order valence-corrected chi connectivity index (χ0v) is 15.3. The molecule has 0 radical (unpaired) electrons. The second-order valence-electron chi connectivity index (χ2n) is 7.02. The number of hydrogen-bond acceptors (Lipinski definition) is 3. The molecule has 4 nitrogen and oxygen atoms in total. The van der Waals surface area contributed by atoms with Crippen LogP contribution >= 0.6 is 0 Å². The summed E-state index contributed by atoms with van der Waals surface area (Å²) in [5, 5.41) is 3.14. The van der Waals surface area contributed by atoms with Crippen LogP contribution in [0.3, 0.4) is 0 Å². The van der Waals surface area contributed by atoms with E-state index in [0.29, 0.717) is 0 Å². The van der Waals surface area contributed by atoms with E-state index in [0.717, 1.165) is 48.6 Å². The monoisotopic (exact) mass is 337 g/mol. The molecule has 132 valence electrons. The van der Waals surface area contributed by atoms with Crippen LogP contribution in [0.25, 0.3) is 0 Å². The lowest BCUT2D eigenvalue weighted by molar-refractivity contribution is -0.122. The lowest BCUT2D eigenvalue weighted by atomic mass is 10.0. The van der Waals surface area contributed by atoms with Crippen LogP contribution in [0, 0.1) is 13.8 Å². The van der Waals surface area contributed by atoms with Crippen molar-refractivity contribution < 1.29 is 4.79 Å². The lowest BCUT2D eigenvalue weighted by Crippen LogP contribution is -2.48. The fourth-order valence-corrected chi connectivity index (χ4v) is 3.50. The van der Waals surface area contributed by atoms with E-state index in [-0.39, 0.29) is 11.9 Å². The number of carbonyl (C=O) groups is 1. The minimum Gasteiger partial charge on any atom is -0.324 e. The molecule has 0 aliphatic carbocycles. The van der Waals surface area contributed by atoms with E-state index < -0.39 is 0 Å². The summed E-state index contributed by atoms with van der Waals surface area (Å²) in [5.74, 6) is 0.0424. The number of carbonyl (C=O) groups excluding carboxylic acids is 1. The summed E-state index contributed by atoms with van der Waals surface area (Å²) in [7, 11) is 2.13. The Morgan fingerprint density at radius 3 is 2.16 bits per heavy atom. The summed E-state index contributed by atoms with van der Waals surface area (Å²) < 4.78 is 0. The molecule has 1 atom stereocenters. The van der Waals surface area contributed by atoms with E-state index in [4.69, 9.17) is 0 Å². The number of piperazine rings is 1. The van der Waals surface area contributed by atoms with E-state index in [1.807, 2.05) is 42.5 Å². The normalized spacial score (nSPS) is 17.2. The standard InChI is InChI=1S/C21H27N3O/c1-16-13-17(2)15-19(14-16)22-21(25)20(18-7-5-4-6-8-18)24-11-9-23(3)10-12-24/h4-8,13-15,20H,9-12H2,1-3H3,(H,22,25)/t20-/m0/s1. The molecule has 1 amide bonds. The van der Waals surface area contributed by atoms with E-state index in [1.165, 1.54) is 0 Å². The number of benzene rings is 2. The SMILES string of the molecule is Cc1cc(C)cc(NC(=O)[C@H](c2ccccc2)N2CCN(C)CC2)c1. The molecule has 1 N–H and O–H groups in total. The van der Waals surface area contributed by atoms with Crippen LogP contribution in [0.5, 0.6) is 0 Å². The number of amides is 1. The van der Waals surface area contributed by atoms with Gasteiger partial charge in [0.1, 0.15) is 6.04 Å². The van der Waals surface area contributed by atoms with Crippen molar-refractivity contribution in [3.8, 4) is 0 Å². The van der Waals surface area contributed by atoms with Crippen LogP contribution < -0.4 is 5.32 Å². The highest BCUT2D eigenvalue weighted by Crippen LogP contribution is 2.24. The summed E-state index contributed by atoms with van der Waals surface area (Å²) in [4.78, 5) is 17.7. The zero-order chi connectivity index (χ0) is 17.8. The third kappa shape index (κ3) is 4.47. The molecule has 1 aliphatic rings. The summed E-state index contributed by atoms with van der Waals surface area (Å²) in [6, 6.07) is 16.0. The quantitative estimate of drug-likeness (QED) is 0.930. The molecule has 2 aromatic rings. The highest BCUT2D eigenvalue weighted by atomic mass is 16.2. The first-order chi connectivity index (χ1) is 12.0. The van der Waals surface area contributed by atoms with E-state index >= 15 is 0 Å². The van der Waals surface area contributed by atoms with E-state index in [1.54, 1.807) is 0 Å². The molecule has 0 aromatic heterocycles. The van der Waals surface area contributed by atoms with Crippen LogP contribution in [0.1, 0.15) is 22.7 Å². The predicted molar refractivity (Wildman–Crippen MR) is 103 cm³/mol. The van der Waals surface area contributed by atoms with Gasteiger partial charge in [-0.3, -0.25) is 9.69 Å². The third-order valence-electron chi connectivity index (χ3n) is 4.76. The van der Waals surface area contributed by atoms with Gasteiger partial charge < -0.3 is 10.2 Å². The highest BCUT2D eigenvalue weighted by Gasteiger charge is 2.29. The molecule has 2 aromatic carbocycles. The largest absolute Gasteiger partial charge is 0.324 e. The van der Waals surface area contributed by atoms with Crippen LogP contribution in [0.4, 0.5) is 5.69 Å². The van der Waals surface area contributed by atoms with Gasteiger partial charge in [0, 0.05) is 31.9 Å². The van der Waals surface area contributed by atoms with Gasteiger partial charge in [0.2, 0.25) is 5.91 Å². The molecule has 0 bridgehead atoms. The van der Waals surface area contributed by atoms with E-state index in [2.05, 4.69) is 42.1 Å². The van der Waals surface area contributed by atoms with Gasteiger partial charge in [0.15, 0.2) is 0 Å².